The van der Waals surface area contributed by atoms with E-state index in [9.17, 15) is 10.5 Å². The Bertz CT molecular complexity index is 865. The molecule has 0 saturated carbocycles. The Hall–Kier alpha value is -3.01. The van der Waals surface area contributed by atoms with Crippen LogP contribution in [0.5, 0.6) is 5.75 Å². The van der Waals surface area contributed by atoms with Gasteiger partial charge in [-0.15, -0.1) is 0 Å². The van der Waals surface area contributed by atoms with Crippen LogP contribution in [-0.2, 0) is 0 Å². The predicted molar refractivity (Wildman–Crippen MR) is 84.6 cm³/mol. The molecule has 3 rings (SSSR count). The second-order valence-corrected chi connectivity index (χ2v) is 5.06. The Labute approximate surface area is 132 Å². The number of para-hydroxylation sites is 1. The first kappa shape index (κ1) is 13.9. The van der Waals surface area contributed by atoms with E-state index >= 15 is 0 Å². The zero-order chi connectivity index (χ0) is 15.5. The minimum absolute atomic E-state index is 0.0576. The maximum atomic E-state index is 9.18. The average Bonchev–Trinajstić information content (AvgIpc) is 2.56. The molecule has 1 heterocycles. The monoisotopic (exact) mass is 304 g/mol. The Kier molecular flexibility index (Phi) is 3.66. The van der Waals surface area contributed by atoms with Crippen molar-refractivity contribution in [3.05, 3.63) is 76.3 Å². The average molecular weight is 305 g/mol. The lowest BCUT2D eigenvalue weighted by atomic mass is 9.96. The minimum atomic E-state index is 0.0576. The number of fused-ring (bicyclic) bond motifs is 1. The molecule has 0 fully saturated rings. The van der Waals surface area contributed by atoms with Crippen LogP contribution >= 0.6 is 11.6 Å². The number of hydrogen-bond acceptors (Lipinski definition) is 3. The van der Waals surface area contributed by atoms with Crippen molar-refractivity contribution in [2.24, 2.45) is 0 Å². The van der Waals surface area contributed by atoms with Crippen LogP contribution in [0.25, 0.3) is 11.3 Å². The largest absolute Gasteiger partial charge is 0.456 e. The highest BCUT2D eigenvalue weighted by molar-refractivity contribution is 6.30. The summed E-state index contributed by atoms with van der Waals surface area (Å²) < 4.78 is 5.89. The molecule has 1 aliphatic rings. The molecule has 104 valence electrons. The molecule has 0 unspecified atom stereocenters. The van der Waals surface area contributed by atoms with E-state index in [0.29, 0.717) is 22.1 Å². The van der Waals surface area contributed by atoms with Crippen LogP contribution in [0.15, 0.2) is 60.2 Å². The van der Waals surface area contributed by atoms with Crippen molar-refractivity contribution in [1.29, 1.82) is 10.5 Å². The fourth-order valence-corrected chi connectivity index (χ4v) is 2.37. The number of allylic oxidation sites excluding steroid dienone is 3. The molecule has 0 atom stereocenters. The van der Waals surface area contributed by atoms with Gasteiger partial charge in [-0.25, -0.2) is 0 Å². The third-order valence-corrected chi connectivity index (χ3v) is 3.55. The Balaban J connectivity index is 2.20. The lowest BCUT2D eigenvalue weighted by Gasteiger charge is -2.20. The highest BCUT2D eigenvalue weighted by atomic mass is 35.5. The highest BCUT2D eigenvalue weighted by Gasteiger charge is 2.20. The fraction of sp³-hybridized carbons (Fsp3) is 0. The molecular formula is C18H9ClN2O. The molecular weight excluding hydrogens is 296 g/mol. The second kappa shape index (κ2) is 5.77. The summed E-state index contributed by atoms with van der Waals surface area (Å²) in [5.41, 5.74) is 2.18. The summed E-state index contributed by atoms with van der Waals surface area (Å²) in [6, 6.07) is 18.4. The molecule has 0 amide bonds. The number of ether oxygens (including phenoxy) is 1. The molecule has 1 aliphatic heterocycles. The van der Waals surface area contributed by atoms with Crippen LogP contribution in [0.3, 0.4) is 0 Å². The molecule has 4 heteroatoms. The van der Waals surface area contributed by atoms with E-state index in [1.807, 2.05) is 48.5 Å². The van der Waals surface area contributed by atoms with Gasteiger partial charge in [-0.3, -0.25) is 0 Å². The van der Waals surface area contributed by atoms with Gasteiger partial charge in [-0.05, 0) is 36.4 Å². The SMILES string of the molecule is N#CC(C#N)=C1C=C(c2ccc(Cl)cc2)Oc2ccccc21. The molecule has 0 bridgehead atoms. The van der Waals surface area contributed by atoms with E-state index in [-0.39, 0.29) is 5.57 Å². The standard InChI is InChI=1S/C18H9ClN2O/c19-14-7-5-12(6-8-14)18-9-16(13(10-20)11-21)15-3-1-2-4-17(15)22-18/h1-9H. The van der Waals surface area contributed by atoms with Gasteiger partial charge < -0.3 is 4.74 Å². The molecule has 22 heavy (non-hydrogen) atoms. The lowest BCUT2D eigenvalue weighted by molar-refractivity contribution is 0.509. The van der Waals surface area contributed by atoms with Crippen molar-refractivity contribution in [3.8, 4) is 17.9 Å². The van der Waals surface area contributed by atoms with E-state index in [1.54, 1.807) is 18.2 Å². The molecule has 0 aromatic heterocycles. The Morgan fingerprint density at radius 1 is 0.955 bits per heavy atom. The van der Waals surface area contributed by atoms with E-state index in [0.717, 1.165) is 11.1 Å². The summed E-state index contributed by atoms with van der Waals surface area (Å²) in [6.45, 7) is 0. The van der Waals surface area contributed by atoms with Gasteiger partial charge in [0.05, 0.1) is 0 Å². The summed E-state index contributed by atoms with van der Waals surface area (Å²) in [5.74, 6) is 1.20. The summed E-state index contributed by atoms with van der Waals surface area (Å²) >= 11 is 5.90. The first-order chi connectivity index (χ1) is 10.7. The first-order valence-corrected chi connectivity index (χ1v) is 6.90. The van der Waals surface area contributed by atoms with Crippen molar-refractivity contribution < 1.29 is 4.74 Å². The third-order valence-electron chi connectivity index (χ3n) is 3.29. The van der Waals surface area contributed by atoms with Crippen molar-refractivity contribution in [3.63, 3.8) is 0 Å². The maximum absolute atomic E-state index is 9.18. The Morgan fingerprint density at radius 2 is 1.64 bits per heavy atom. The number of halogens is 1. The molecule has 2 aromatic carbocycles. The van der Waals surface area contributed by atoms with Crippen LogP contribution < -0.4 is 4.74 Å². The van der Waals surface area contributed by atoms with Gasteiger partial charge in [0.15, 0.2) is 0 Å². The molecule has 0 spiro atoms. The first-order valence-electron chi connectivity index (χ1n) is 6.52. The molecule has 0 radical (unpaired) electrons. The predicted octanol–water partition coefficient (Wildman–Crippen LogP) is 4.57. The van der Waals surface area contributed by atoms with Gasteiger partial charge in [0.1, 0.15) is 29.2 Å². The van der Waals surface area contributed by atoms with E-state index in [2.05, 4.69) is 0 Å². The van der Waals surface area contributed by atoms with E-state index < -0.39 is 0 Å². The van der Waals surface area contributed by atoms with Crippen molar-refractivity contribution >= 4 is 22.9 Å². The van der Waals surface area contributed by atoms with E-state index in [1.165, 1.54) is 0 Å². The number of nitrogens with zero attached hydrogens (tertiary/aromatic N) is 2. The second-order valence-electron chi connectivity index (χ2n) is 4.63. The fourth-order valence-electron chi connectivity index (χ4n) is 2.24. The summed E-state index contributed by atoms with van der Waals surface area (Å²) in [7, 11) is 0. The van der Waals surface area contributed by atoms with Crippen LogP contribution in [0.1, 0.15) is 11.1 Å². The van der Waals surface area contributed by atoms with Gasteiger partial charge in [-0.2, -0.15) is 10.5 Å². The highest BCUT2D eigenvalue weighted by Crippen LogP contribution is 2.38. The quantitative estimate of drug-likeness (QED) is 0.725. The molecule has 3 nitrogen and oxygen atoms in total. The summed E-state index contributed by atoms with van der Waals surface area (Å²) in [5, 5.41) is 19.0. The van der Waals surface area contributed by atoms with Gasteiger partial charge in [0.2, 0.25) is 0 Å². The van der Waals surface area contributed by atoms with Crippen molar-refractivity contribution in [1.82, 2.24) is 0 Å². The van der Waals surface area contributed by atoms with Crippen molar-refractivity contribution in [2.45, 2.75) is 0 Å². The van der Waals surface area contributed by atoms with Gasteiger partial charge in [0, 0.05) is 21.7 Å². The van der Waals surface area contributed by atoms with Crippen LogP contribution in [0.2, 0.25) is 5.02 Å². The maximum Gasteiger partial charge on any atom is 0.137 e. The van der Waals surface area contributed by atoms with Crippen LogP contribution in [-0.4, -0.2) is 0 Å². The van der Waals surface area contributed by atoms with Crippen LogP contribution in [0, 0.1) is 22.7 Å². The molecule has 0 saturated heterocycles. The number of hydrogen-bond donors (Lipinski definition) is 0. The lowest BCUT2D eigenvalue weighted by Crippen LogP contribution is -2.04. The summed E-state index contributed by atoms with van der Waals surface area (Å²) in [4.78, 5) is 0. The normalized spacial score (nSPS) is 12.3. The van der Waals surface area contributed by atoms with Gasteiger partial charge >= 0.3 is 0 Å². The smallest absolute Gasteiger partial charge is 0.137 e. The zero-order valence-electron chi connectivity index (χ0n) is 11.4. The van der Waals surface area contributed by atoms with Crippen molar-refractivity contribution in [2.75, 3.05) is 0 Å². The molecule has 2 aromatic rings. The summed E-state index contributed by atoms with van der Waals surface area (Å²) in [6.07, 6.45) is 1.72. The van der Waals surface area contributed by atoms with Gasteiger partial charge in [0.25, 0.3) is 0 Å². The van der Waals surface area contributed by atoms with E-state index in [4.69, 9.17) is 16.3 Å². The number of nitriles is 2. The zero-order valence-corrected chi connectivity index (χ0v) is 12.1. The number of benzene rings is 2. The Morgan fingerprint density at radius 3 is 2.32 bits per heavy atom. The minimum Gasteiger partial charge on any atom is -0.456 e. The molecule has 0 aliphatic carbocycles. The van der Waals surface area contributed by atoms with Gasteiger partial charge in [-0.1, -0.05) is 29.8 Å². The number of rotatable bonds is 1. The topological polar surface area (TPSA) is 56.8 Å². The molecule has 0 N–H and O–H groups in total. The van der Waals surface area contributed by atoms with Crippen LogP contribution in [0.4, 0.5) is 0 Å². The third kappa shape index (κ3) is 2.46.